The number of nitrogens with two attached hydrogens (primary N) is 1. The lowest BCUT2D eigenvalue weighted by Crippen LogP contribution is -2.25. The van der Waals surface area contributed by atoms with Crippen LogP contribution < -0.4 is 10.5 Å². The Morgan fingerprint density at radius 3 is 2.19 bits per heavy atom. The molecule has 5 nitrogen and oxygen atoms in total. The molecule has 0 radical (unpaired) electrons. The molecule has 0 saturated carbocycles. The Morgan fingerprint density at radius 2 is 1.71 bits per heavy atom. The van der Waals surface area contributed by atoms with Gasteiger partial charge in [-0.15, -0.1) is 0 Å². The van der Waals surface area contributed by atoms with Gasteiger partial charge in [-0.3, -0.25) is 4.79 Å². The number of nitrogens with one attached hydrogen (secondary N) is 2. The summed E-state index contributed by atoms with van der Waals surface area (Å²) >= 11 is 0. The quantitative estimate of drug-likeness (QED) is 0.745. The van der Waals surface area contributed by atoms with Crippen molar-refractivity contribution >= 4 is 21.5 Å². The number of carbonyl (C=O) groups excluding carboxylic acids is 1. The van der Waals surface area contributed by atoms with E-state index in [9.17, 15) is 9.00 Å². The minimum absolute atomic E-state index is 0.371. The van der Waals surface area contributed by atoms with Crippen LogP contribution in [0.5, 0.6) is 0 Å². The molecule has 6 heteroatoms. The van der Waals surface area contributed by atoms with Crippen LogP contribution in [0, 0.1) is 4.78 Å². The number of rotatable bonds is 3. The van der Waals surface area contributed by atoms with Crippen LogP contribution in [-0.4, -0.2) is 10.1 Å². The third-order valence-corrected chi connectivity index (χ3v) is 5.25. The standard InChI is InChI=1S/C15H19N3O2S/c1-9(21(16,17)20)15(19)18-14-12-6-2-4-10(12)8-11-5-3-7-13(11)14/h8H,1-7H2,(H,18,19)(H3,16,17,20). The molecule has 0 aromatic heterocycles. The summed E-state index contributed by atoms with van der Waals surface area (Å²) in [6, 6.07) is 2.27. The van der Waals surface area contributed by atoms with E-state index < -0.39 is 15.8 Å². The van der Waals surface area contributed by atoms with Crippen LogP contribution >= 0.6 is 0 Å². The molecule has 0 aliphatic heterocycles. The first-order valence-electron chi connectivity index (χ1n) is 7.11. The summed E-state index contributed by atoms with van der Waals surface area (Å²) in [6.07, 6.45) is 6.16. The Kier molecular flexibility index (Phi) is 3.37. The zero-order valence-electron chi connectivity index (χ0n) is 11.8. The summed E-state index contributed by atoms with van der Waals surface area (Å²) in [5.74, 6) is -0.605. The normalized spacial score (nSPS) is 18.7. The number of fused-ring (bicyclic) bond motifs is 2. The van der Waals surface area contributed by atoms with Crippen molar-refractivity contribution in [1.82, 2.24) is 0 Å². The van der Waals surface area contributed by atoms with Gasteiger partial charge in [0.1, 0.15) is 14.8 Å². The largest absolute Gasteiger partial charge is 0.321 e. The molecule has 1 aromatic carbocycles. The highest BCUT2D eigenvalue weighted by Gasteiger charge is 2.26. The summed E-state index contributed by atoms with van der Waals surface area (Å²) in [4.78, 5) is 11.8. The van der Waals surface area contributed by atoms with Crippen molar-refractivity contribution in [2.45, 2.75) is 38.5 Å². The maximum Gasteiger partial charge on any atom is 0.266 e. The van der Waals surface area contributed by atoms with E-state index in [4.69, 9.17) is 9.92 Å². The van der Waals surface area contributed by atoms with E-state index in [2.05, 4.69) is 18.0 Å². The number of hydrogen-bond acceptors (Lipinski definition) is 3. The summed E-state index contributed by atoms with van der Waals surface area (Å²) in [5.41, 5.74) is 5.83. The van der Waals surface area contributed by atoms with Gasteiger partial charge >= 0.3 is 0 Å². The molecule has 0 saturated heterocycles. The van der Waals surface area contributed by atoms with Gasteiger partial charge in [-0.1, -0.05) is 12.6 Å². The molecule has 112 valence electrons. The summed E-state index contributed by atoms with van der Waals surface area (Å²) < 4.78 is 18.8. The van der Waals surface area contributed by atoms with Crippen LogP contribution in [0.25, 0.3) is 0 Å². The molecule has 4 N–H and O–H groups in total. The number of benzene rings is 1. The van der Waals surface area contributed by atoms with Crippen molar-refractivity contribution in [3.63, 3.8) is 0 Å². The Hall–Kier alpha value is -1.66. The lowest BCUT2D eigenvalue weighted by molar-refractivity contribution is -0.112. The Morgan fingerprint density at radius 1 is 1.19 bits per heavy atom. The smallest absolute Gasteiger partial charge is 0.266 e. The molecule has 21 heavy (non-hydrogen) atoms. The molecular formula is C15H19N3O2S. The molecule has 0 spiro atoms. The van der Waals surface area contributed by atoms with E-state index in [-0.39, 0.29) is 4.91 Å². The van der Waals surface area contributed by atoms with E-state index >= 15 is 0 Å². The van der Waals surface area contributed by atoms with Crippen LogP contribution in [0.1, 0.15) is 35.1 Å². The van der Waals surface area contributed by atoms with Gasteiger partial charge in [-0.05, 0) is 60.8 Å². The van der Waals surface area contributed by atoms with Crippen molar-refractivity contribution in [3.05, 3.63) is 39.8 Å². The Labute approximate surface area is 124 Å². The highest BCUT2D eigenvalue weighted by molar-refractivity contribution is 7.95. The van der Waals surface area contributed by atoms with E-state index in [1.54, 1.807) is 0 Å². The molecule has 0 bridgehead atoms. The molecule has 3 rings (SSSR count). The van der Waals surface area contributed by atoms with Gasteiger partial charge in [0.2, 0.25) is 0 Å². The van der Waals surface area contributed by atoms with Crippen LogP contribution in [-0.2, 0) is 40.4 Å². The molecule has 0 fully saturated rings. The first kappa shape index (κ1) is 14.3. The number of amides is 1. The van der Waals surface area contributed by atoms with Crippen molar-refractivity contribution in [1.29, 1.82) is 4.78 Å². The third kappa shape index (κ3) is 2.49. The summed E-state index contributed by atoms with van der Waals surface area (Å²) in [5, 5.41) is 8.02. The van der Waals surface area contributed by atoms with E-state index in [1.165, 1.54) is 22.3 Å². The van der Waals surface area contributed by atoms with E-state index in [0.29, 0.717) is 0 Å². The number of hydrogen-bond donors (Lipinski definition) is 3. The second-order valence-electron chi connectivity index (χ2n) is 5.71. The molecule has 0 heterocycles. The zero-order chi connectivity index (χ0) is 15.2. The molecule has 1 unspecified atom stereocenters. The third-order valence-electron chi connectivity index (χ3n) is 4.33. The van der Waals surface area contributed by atoms with Gasteiger partial charge in [-0.25, -0.2) is 14.1 Å². The van der Waals surface area contributed by atoms with Crippen LogP contribution in [0.2, 0.25) is 0 Å². The second-order valence-corrected chi connectivity index (χ2v) is 7.41. The van der Waals surface area contributed by atoms with Crippen LogP contribution in [0.3, 0.4) is 0 Å². The fourth-order valence-corrected chi connectivity index (χ4v) is 3.61. The fourth-order valence-electron chi connectivity index (χ4n) is 3.29. The molecular weight excluding hydrogens is 286 g/mol. The Balaban J connectivity index is 2.00. The highest BCUT2D eigenvalue weighted by atomic mass is 32.2. The number of carbonyl (C=O) groups is 1. The van der Waals surface area contributed by atoms with Crippen molar-refractivity contribution in [2.24, 2.45) is 5.14 Å². The Bertz CT molecular complexity index is 718. The predicted molar refractivity (Wildman–Crippen MR) is 83.3 cm³/mol. The lowest BCUT2D eigenvalue weighted by atomic mass is 9.98. The molecule has 1 amide bonds. The molecule has 2 aliphatic carbocycles. The van der Waals surface area contributed by atoms with Gasteiger partial charge in [-0.2, -0.15) is 0 Å². The van der Waals surface area contributed by atoms with Crippen LogP contribution in [0.4, 0.5) is 5.69 Å². The average Bonchev–Trinajstić information content (AvgIpc) is 3.04. The first-order chi connectivity index (χ1) is 9.88. The van der Waals surface area contributed by atoms with E-state index in [0.717, 1.165) is 44.2 Å². The van der Waals surface area contributed by atoms with Crippen molar-refractivity contribution < 1.29 is 9.00 Å². The minimum atomic E-state index is -3.56. The SMILES string of the molecule is C=C(C(=O)Nc1c2c(cc3c1CCC3)CCC2)S(=N)(N)=O. The van der Waals surface area contributed by atoms with Crippen LogP contribution in [0.15, 0.2) is 17.6 Å². The van der Waals surface area contributed by atoms with Crippen molar-refractivity contribution in [2.75, 3.05) is 5.32 Å². The molecule has 1 atom stereocenters. The fraction of sp³-hybridized carbons (Fsp3) is 0.400. The second kappa shape index (κ2) is 4.96. The molecule has 1 aromatic rings. The average molecular weight is 305 g/mol. The monoisotopic (exact) mass is 305 g/mol. The summed E-state index contributed by atoms with van der Waals surface area (Å²) in [7, 11) is -3.56. The summed E-state index contributed by atoms with van der Waals surface area (Å²) in [6.45, 7) is 3.41. The van der Waals surface area contributed by atoms with Gasteiger partial charge in [0.05, 0.1) is 0 Å². The van der Waals surface area contributed by atoms with Gasteiger partial charge < -0.3 is 5.32 Å². The number of anilines is 1. The van der Waals surface area contributed by atoms with Gasteiger partial charge in [0.15, 0.2) is 0 Å². The van der Waals surface area contributed by atoms with Crippen molar-refractivity contribution in [3.8, 4) is 0 Å². The van der Waals surface area contributed by atoms with E-state index in [1.807, 2.05) is 0 Å². The predicted octanol–water partition coefficient (Wildman–Crippen LogP) is 2.04. The first-order valence-corrected chi connectivity index (χ1v) is 8.73. The minimum Gasteiger partial charge on any atom is -0.321 e. The number of aryl methyl sites for hydroxylation is 2. The molecule has 2 aliphatic rings. The lowest BCUT2D eigenvalue weighted by Gasteiger charge is -2.16. The maximum absolute atomic E-state index is 12.2. The van der Waals surface area contributed by atoms with Gasteiger partial charge in [0.25, 0.3) is 5.91 Å². The topological polar surface area (TPSA) is 96.0 Å². The van der Waals surface area contributed by atoms with Gasteiger partial charge in [0, 0.05) is 5.69 Å². The highest BCUT2D eigenvalue weighted by Crippen LogP contribution is 2.38. The zero-order valence-corrected chi connectivity index (χ0v) is 12.6. The maximum atomic E-state index is 12.2.